The average molecular weight is 287 g/mol. The third kappa shape index (κ3) is 2.26. The Kier molecular flexibility index (Phi) is 3.37. The Balaban J connectivity index is 2.19. The average Bonchev–Trinajstić information content (AvgIpc) is 2.84. The van der Waals surface area contributed by atoms with E-state index >= 15 is 0 Å². The van der Waals surface area contributed by atoms with Gasteiger partial charge in [-0.3, -0.25) is 9.36 Å². The normalized spacial score (nSPS) is 14.0. The van der Waals surface area contributed by atoms with Gasteiger partial charge in [0.05, 0.1) is 20.3 Å². The van der Waals surface area contributed by atoms with Gasteiger partial charge in [-0.1, -0.05) is 0 Å². The molecule has 1 aliphatic rings. The molecule has 6 heteroatoms. The minimum Gasteiger partial charge on any atom is -0.481 e. The van der Waals surface area contributed by atoms with E-state index in [0.717, 1.165) is 29.8 Å². The van der Waals surface area contributed by atoms with Gasteiger partial charge in [0.25, 0.3) is 0 Å². The summed E-state index contributed by atoms with van der Waals surface area (Å²) in [6, 6.07) is 3.53. The van der Waals surface area contributed by atoms with Gasteiger partial charge >= 0.3 is 0 Å². The van der Waals surface area contributed by atoms with Crippen molar-refractivity contribution in [2.45, 2.75) is 26.2 Å². The Bertz CT molecular complexity index is 684. The van der Waals surface area contributed by atoms with Crippen LogP contribution in [0.25, 0.3) is 5.95 Å². The summed E-state index contributed by atoms with van der Waals surface area (Å²) in [6.07, 6.45) is 2.31. The lowest BCUT2D eigenvalue weighted by Crippen LogP contribution is -2.14. The van der Waals surface area contributed by atoms with E-state index in [0.29, 0.717) is 24.1 Å². The monoisotopic (exact) mass is 287 g/mol. The minimum atomic E-state index is 0.188. The van der Waals surface area contributed by atoms with Crippen LogP contribution in [0.2, 0.25) is 0 Å². The highest BCUT2D eigenvalue weighted by atomic mass is 16.5. The fourth-order valence-electron chi connectivity index (χ4n) is 2.71. The van der Waals surface area contributed by atoms with E-state index in [1.165, 1.54) is 0 Å². The summed E-state index contributed by atoms with van der Waals surface area (Å²) in [6.45, 7) is 1.95. The fourth-order valence-corrected chi connectivity index (χ4v) is 2.71. The number of Topliss-reactive ketones (excluding diaryl/α,β-unsaturated/α-hetero) is 1. The van der Waals surface area contributed by atoms with Gasteiger partial charge in [0, 0.05) is 23.4 Å². The van der Waals surface area contributed by atoms with Gasteiger partial charge in [-0.2, -0.15) is 9.97 Å². The van der Waals surface area contributed by atoms with E-state index < -0.39 is 0 Å². The summed E-state index contributed by atoms with van der Waals surface area (Å²) in [5, 5.41) is 0. The Labute approximate surface area is 122 Å². The SMILES string of the molecule is COc1cc(OC)nc(-n2c(C)cc3c2CCCC3=O)n1. The predicted octanol–water partition coefficient (Wildman–Crippen LogP) is 2.11. The van der Waals surface area contributed by atoms with E-state index in [1.807, 2.05) is 17.6 Å². The molecule has 0 radical (unpaired) electrons. The molecule has 0 amide bonds. The molecule has 0 fully saturated rings. The molecule has 0 bridgehead atoms. The zero-order valence-corrected chi connectivity index (χ0v) is 12.3. The number of nitrogens with zero attached hydrogens (tertiary/aromatic N) is 3. The number of carbonyl (C=O) groups is 1. The molecular weight excluding hydrogens is 270 g/mol. The Morgan fingerprint density at radius 2 is 1.76 bits per heavy atom. The second-order valence-electron chi connectivity index (χ2n) is 5.01. The largest absolute Gasteiger partial charge is 0.481 e. The smallest absolute Gasteiger partial charge is 0.240 e. The summed E-state index contributed by atoms with van der Waals surface area (Å²) in [5.74, 6) is 1.52. The second-order valence-corrected chi connectivity index (χ2v) is 5.01. The van der Waals surface area contributed by atoms with Crippen LogP contribution in [0.5, 0.6) is 11.8 Å². The first kappa shape index (κ1) is 13.6. The maximum absolute atomic E-state index is 12.0. The number of hydrogen-bond donors (Lipinski definition) is 0. The maximum Gasteiger partial charge on any atom is 0.240 e. The molecule has 0 aliphatic heterocycles. The number of hydrogen-bond acceptors (Lipinski definition) is 5. The van der Waals surface area contributed by atoms with Crippen molar-refractivity contribution in [1.29, 1.82) is 0 Å². The first-order chi connectivity index (χ1) is 10.1. The van der Waals surface area contributed by atoms with E-state index in [9.17, 15) is 4.79 Å². The molecule has 2 heterocycles. The van der Waals surface area contributed by atoms with Crippen LogP contribution in [0.1, 0.15) is 34.6 Å². The standard InChI is InChI=1S/C15H17N3O3/c1-9-7-10-11(5-4-6-12(10)19)18(9)15-16-13(20-2)8-14(17-15)21-3/h7-8H,4-6H2,1-3H3. The van der Waals surface area contributed by atoms with Gasteiger partial charge in [-0.25, -0.2) is 0 Å². The lowest BCUT2D eigenvalue weighted by Gasteiger charge is -2.15. The molecule has 3 rings (SSSR count). The van der Waals surface area contributed by atoms with Crippen molar-refractivity contribution in [2.75, 3.05) is 14.2 Å². The van der Waals surface area contributed by atoms with E-state index in [4.69, 9.17) is 9.47 Å². The molecule has 2 aromatic rings. The van der Waals surface area contributed by atoms with Crippen molar-refractivity contribution >= 4 is 5.78 Å². The predicted molar refractivity (Wildman–Crippen MR) is 76.5 cm³/mol. The third-order valence-electron chi connectivity index (χ3n) is 3.69. The molecule has 2 aromatic heterocycles. The van der Waals surface area contributed by atoms with Gasteiger partial charge in [-0.05, 0) is 25.8 Å². The highest BCUT2D eigenvalue weighted by molar-refractivity contribution is 5.98. The van der Waals surface area contributed by atoms with Crippen molar-refractivity contribution in [3.05, 3.63) is 29.1 Å². The van der Waals surface area contributed by atoms with Crippen molar-refractivity contribution in [2.24, 2.45) is 0 Å². The number of rotatable bonds is 3. The number of carbonyl (C=O) groups excluding carboxylic acids is 1. The summed E-state index contributed by atoms with van der Waals surface area (Å²) >= 11 is 0. The van der Waals surface area contributed by atoms with E-state index in [1.54, 1.807) is 20.3 Å². The zero-order chi connectivity index (χ0) is 15.0. The number of ketones is 1. The van der Waals surface area contributed by atoms with Gasteiger partial charge in [-0.15, -0.1) is 0 Å². The summed E-state index contributed by atoms with van der Waals surface area (Å²) < 4.78 is 12.3. The van der Waals surface area contributed by atoms with Crippen LogP contribution < -0.4 is 9.47 Å². The summed E-state index contributed by atoms with van der Waals surface area (Å²) in [4.78, 5) is 20.8. The molecule has 1 aliphatic carbocycles. The molecule has 0 saturated carbocycles. The molecule has 0 aromatic carbocycles. The van der Waals surface area contributed by atoms with Crippen molar-refractivity contribution < 1.29 is 14.3 Å². The van der Waals surface area contributed by atoms with Crippen molar-refractivity contribution in [1.82, 2.24) is 14.5 Å². The zero-order valence-electron chi connectivity index (χ0n) is 12.3. The minimum absolute atomic E-state index is 0.188. The first-order valence-electron chi connectivity index (χ1n) is 6.86. The molecule has 6 nitrogen and oxygen atoms in total. The molecule has 0 spiro atoms. The molecule has 110 valence electrons. The molecule has 0 atom stereocenters. The molecule has 0 N–H and O–H groups in total. The Morgan fingerprint density at radius 3 is 2.38 bits per heavy atom. The maximum atomic E-state index is 12.0. The second kappa shape index (κ2) is 5.20. The number of aryl methyl sites for hydroxylation is 1. The van der Waals surface area contributed by atoms with E-state index in [-0.39, 0.29) is 5.78 Å². The lowest BCUT2D eigenvalue weighted by atomic mass is 9.97. The number of aromatic nitrogens is 3. The van der Waals surface area contributed by atoms with Crippen LogP contribution in [0.3, 0.4) is 0 Å². The fraction of sp³-hybridized carbons (Fsp3) is 0.400. The van der Waals surface area contributed by atoms with Crippen molar-refractivity contribution in [3.63, 3.8) is 0 Å². The molecular formula is C15H17N3O3. The first-order valence-corrected chi connectivity index (χ1v) is 6.86. The van der Waals surface area contributed by atoms with Crippen molar-refractivity contribution in [3.8, 4) is 17.7 Å². The van der Waals surface area contributed by atoms with Crippen LogP contribution in [-0.4, -0.2) is 34.5 Å². The summed E-state index contributed by atoms with van der Waals surface area (Å²) in [5.41, 5.74) is 2.69. The quantitative estimate of drug-likeness (QED) is 0.865. The number of fused-ring (bicyclic) bond motifs is 1. The lowest BCUT2D eigenvalue weighted by molar-refractivity contribution is 0.0972. The third-order valence-corrected chi connectivity index (χ3v) is 3.69. The number of methoxy groups -OCH3 is 2. The summed E-state index contributed by atoms with van der Waals surface area (Å²) in [7, 11) is 3.10. The van der Waals surface area contributed by atoms with E-state index in [2.05, 4.69) is 9.97 Å². The Morgan fingerprint density at radius 1 is 1.10 bits per heavy atom. The molecule has 0 saturated heterocycles. The molecule has 0 unspecified atom stereocenters. The molecule has 21 heavy (non-hydrogen) atoms. The van der Waals surface area contributed by atoms with Crippen LogP contribution in [0.15, 0.2) is 12.1 Å². The highest BCUT2D eigenvalue weighted by Crippen LogP contribution is 2.28. The van der Waals surface area contributed by atoms with Gasteiger partial charge in [0.15, 0.2) is 5.78 Å². The van der Waals surface area contributed by atoms with Gasteiger partial charge in [0.2, 0.25) is 17.7 Å². The number of ether oxygens (including phenoxy) is 2. The van der Waals surface area contributed by atoms with Crippen LogP contribution in [-0.2, 0) is 6.42 Å². The van der Waals surface area contributed by atoms with Crippen LogP contribution >= 0.6 is 0 Å². The van der Waals surface area contributed by atoms with Crippen LogP contribution in [0.4, 0.5) is 0 Å². The van der Waals surface area contributed by atoms with Gasteiger partial charge < -0.3 is 9.47 Å². The highest BCUT2D eigenvalue weighted by Gasteiger charge is 2.24. The topological polar surface area (TPSA) is 66.2 Å². The van der Waals surface area contributed by atoms with Gasteiger partial charge in [0.1, 0.15) is 0 Å². The Hall–Kier alpha value is -2.37. The van der Waals surface area contributed by atoms with Crippen LogP contribution in [0, 0.1) is 6.92 Å².